The lowest BCUT2D eigenvalue weighted by atomic mass is 10.1. The van der Waals surface area contributed by atoms with Gasteiger partial charge < -0.3 is 5.32 Å². The predicted molar refractivity (Wildman–Crippen MR) is 63.0 cm³/mol. The van der Waals surface area contributed by atoms with Gasteiger partial charge in [-0.3, -0.25) is 4.79 Å². The highest BCUT2D eigenvalue weighted by molar-refractivity contribution is 7.97. The van der Waals surface area contributed by atoms with Crippen molar-refractivity contribution in [3.05, 3.63) is 29.3 Å². The highest BCUT2D eigenvalue weighted by Gasteiger charge is 2.30. The van der Waals surface area contributed by atoms with Gasteiger partial charge in [-0.1, -0.05) is 0 Å². The molecule has 1 aromatic rings. The van der Waals surface area contributed by atoms with Crippen LogP contribution in [0.2, 0.25) is 0 Å². The molecular weight excluding hydrogens is 251 g/mol. The third-order valence-electron chi connectivity index (χ3n) is 2.04. The van der Waals surface area contributed by atoms with Gasteiger partial charge in [0, 0.05) is 18.4 Å². The fraction of sp³-hybridized carbons (Fsp3) is 0.364. The normalized spacial score (nSPS) is 11.4. The summed E-state index contributed by atoms with van der Waals surface area (Å²) in [6.07, 6.45) is -2.57. The molecule has 6 heteroatoms. The zero-order chi connectivity index (χ0) is 13.1. The molecule has 1 N–H and O–H groups in total. The topological polar surface area (TPSA) is 29.1 Å². The number of thioether (sulfide) groups is 1. The molecule has 0 heterocycles. The molecule has 1 amide bonds. The number of hydrogen-bond acceptors (Lipinski definition) is 2. The van der Waals surface area contributed by atoms with Crippen LogP contribution in [0.15, 0.2) is 18.2 Å². The summed E-state index contributed by atoms with van der Waals surface area (Å²) in [6.45, 7) is 1.32. The molecule has 0 spiro atoms. The third kappa shape index (κ3) is 3.96. The average molecular weight is 263 g/mol. The first-order valence-corrected chi connectivity index (χ1v) is 6.20. The molecule has 0 radical (unpaired) electrons. The molecule has 0 aliphatic carbocycles. The van der Waals surface area contributed by atoms with Gasteiger partial charge in [0.25, 0.3) is 0 Å². The number of alkyl halides is 3. The van der Waals surface area contributed by atoms with E-state index in [0.717, 1.165) is 12.1 Å². The van der Waals surface area contributed by atoms with Gasteiger partial charge in [0.1, 0.15) is 0 Å². The molecule has 0 saturated heterocycles. The van der Waals surface area contributed by atoms with E-state index in [4.69, 9.17) is 0 Å². The molecule has 17 heavy (non-hydrogen) atoms. The number of carbonyl (C=O) groups excluding carboxylic acids is 1. The minimum atomic E-state index is -4.36. The molecular formula is C11H12F3NOS. The number of nitrogens with one attached hydrogen (secondary N) is 1. The third-order valence-corrected chi connectivity index (χ3v) is 2.64. The Morgan fingerprint density at radius 1 is 1.41 bits per heavy atom. The minimum Gasteiger partial charge on any atom is -0.326 e. The van der Waals surface area contributed by atoms with Crippen molar-refractivity contribution in [3.8, 4) is 0 Å². The van der Waals surface area contributed by atoms with Crippen molar-refractivity contribution in [1.29, 1.82) is 0 Å². The number of carbonyl (C=O) groups is 1. The summed E-state index contributed by atoms with van der Waals surface area (Å²) < 4.78 is 37.5. The second-order valence-corrected chi connectivity index (χ2v) is 4.35. The Labute approximate surface area is 102 Å². The van der Waals surface area contributed by atoms with E-state index in [9.17, 15) is 18.0 Å². The molecule has 1 rings (SSSR count). The molecule has 0 unspecified atom stereocenters. The Morgan fingerprint density at radius 2 is 2.06 bits per heavy atom. The van der Waals surface area contributed by atoms with Crippen LogP contribution in [0.4, 0.5) is 18.9 Å². The largest absolute Gasteiger partial charge is 0.416 e. The van der Waals surface area contributed by atoms with Crippen LogP contribution in [0.3, 0.4) is 0 Å². The van der Waals surface area contributed by atoms with Crippen molar-refractivity contribution in [2.75, 3.05) is 11.6 Å². The Morgan fingerprint density at radius 3 is 2.53 bits per heavy atom. The summed E-state index contributed by atoms with van der Waals surface area (Å²) in [5, 5.41) is 2.52. The molecule has 0 aromatic heterocycles. The van der Waals surface area contributed by atoms with Crippen molar-refractivity contribution in [2.45, 2.75) is 18.9 Å². The molecule has 0 aliphatic rings. The Hall–Kier alpha value is -1.17. The summed E-state index contributed by atoms with van der Waals surface area (Å²) in [6, 6.07) is 3.33. The number of halogens is 3. The van der Waals surface area contributed by atoms with Gasteiger partial charge in [-0.05, 0) is 30.0 Å². The van der Waals surface area contributed by atoms with Gasteiger partial charge in [0.2, 0.25) is 5.91 Å². The van der Waals surface area contributed by atoms with E-state index in [1.165, 1.54) is 24.8 Å². The first-order valence-electron chi connectivity index (χ1n) is 4.81. The van der Waals surface area contributed by atoms with Gasteiger partial charge in [0.15, 0.2) is 0 Å². The monoisotopic (exact) mass is 263 g/mol. The Bertz CT molecular complexity index is 418. The maximum Gasteiger partial charge on any atom is 0.416 e. The lowest BCUT2D eigenvalue weighted by Crippen LogP contribution is -2.10. The summed E-state index contributed by atoms with van der Waals surface area (Å²) >= 11 is 1.40. The van der Waals surface area contributed by atoms with Gasteiger partial charge in [-0.2, -0.15) is 24.9 Å². The molecule has 94 valence electrons. The summed E-state index contributed by atoms with van der Waals surface area (Å²) in [5.74, 6) is 0.117. The highest BCUT2D eigenvalue weighted by atomic mass is 32.2. The van der Waals surface area contributed by atoms with E-state index in [0.29, 0.717) is 17.0 Å². The lowest BCUT2D eigenvalue weighted by molar-refractivity contribution is -0.137. The summed E-state index contributed by atoms with van der Waals surface area (Å²) in [4.78, 5) is 10.9. The smallest absolute Gasteiger partial charge is 0.326 e. The van der Waals surface area contributed by atoms with Crippen LogP contribution in [0.25, 0.3) is 0 Å². The van der Waals surface area contributed by atoms with Crippen LogP contribution in [-0.4, -0.2) is 12.2 Å². The van der Waals surface area contributed by atoms with Crippen molar-refractivity contribution in [1.82, 2.24) is 0 Å². The SMILES string of the molecule is CSCc1cc(C(F)(F)F)ccc1NC(C)=O. The number of benzene rings is 1. The maximum absolute atomic E-state index is 12.5. The van der Waals surface area contributed by atoms with Crippen molar-refractivity contribution < 1.29 is 18.0 Å². The van der Waals surface area contributed by atoms with Crippen LogP contribution in [0, 0.1) is 0 Å². The molecule has 0 saturated carbocycles. The Balaban J connectivity index is 3.12. The second-order valence-electron chi connectivity index (χ2n) is 3.48. The van der Waals surface area contributed by atoms with Gasteiger partial charge >= 0.3 is 6.18 Å². The van der Waals surface area contributed by atoms with Crippen LogP contribution in [-0.2, 0) is 16.7 Å². The standard InChI is InChI=1S/C11H12F3NOS/c1-7(16)15-10-4-3-9(11(12,13)14)5-8(10)6-17-2/h3-5H,6H2,1-2H3,(H,15,16). The van der Waals surface area contributed by atoms with Crippen molar-refractivity contribution >= 4 is 23.4 Å². The lowest BCUT2D eigenvalue weighted by Gasteiger charge is -2.13. The average Bonchev–Trinajstić information content (AvgIpc) is 2.18. The maximum atomic E-state index is 12.5. The van der Waals surface area contributed by atoms with E-state index in [2.05, 4.69) is 5.32 Å². The van der Waals surface area contributed by atoms with E-state index in [-0.39, 0.29) is 5.91 Å². The van der Waals surface area contributed by atoms with E-state index in [1.54, 1.807) is 6.26 Å². The first-order chi connectivity index (χ1) is 7.84. The minimum absolute atomic E-state index is 0.299. The zero-order valence-electron chi connectivity index (χ0n) is 9.39. The van der Waals surface area contributed by atoms with E-state index < -0.39 is 11.7 Å². The Kier molecular flexibility index (Phi) is 4.45. The number of amides is 1. The molecule has 0 aliphatic heterocycles. The van der Waals surface area contributed by atoms with Crippen molar-refractivity contribution in [3.63, 3.8) is 0 Å². The quantitative estimate of drug-likeness (QED) is 0.904. The van der Waals surface area contributed by atoms with E-state index >= 15 is 0 Å². The zero-order valence-corrected chi connectivity index (χ0v) is 10.2. The summed E-state index contributed by atoms with van der Waals surface area (Å²) in [7, 11) is 0. The molecule has 0 bridgehead atoms. The number of rotatable bonds is 3. The van der Waals surface area contributed by atoms with Gasteiger partial charge in [-0.25, -0.2) is 0 Å². The molecule has 0 atom stereocenters. The van der Waals surface area contributed by atoms with Crippen LogP contribution < -0.4 is 5.32 Å². The molecule has 1 aromatic carbocycles. The van der Waals surface area contributed by atoms with Crippen LogP contribution >= 0.6 is 11.8 Å². The second kappa shape index (κ2) is 5.44. The highest BCUT2D eigenvalue weighted by Crippen LogP contribution is 2.32. The summed E-state index contributed by atoms with van der Waals surface area (Å²) in [5.41, 5.74) is 0.207. The number of anilines is 1. The van der Waals surface area contributed by atoms with Crippen LogP contribution in [0.1, 0.15) is 18.1 Å². The molecule has 2 nitrogen and oxygen atoms in total. The number of hydrogen-bond donors (Lipinski definition) is 1. The fourth-order valence-corrected chi connectivity index (χ4v) is 1.91. The van der Waals surface area contributed by atoms with Crippen LogP contribution in [0.5, 0.6) is 0 Å². The predicted octanol–water partition coefficient (Wildman–Crippen LogP) is 3.53. The van der Waals surface area contributed by atoms with Gasteiger partial charge in [-0.15, -0.1) is 0 Å². The molecule has 0 fully saturated rings. The van der Waals surface area contributed by atoms with E-state index in [1.807, 2.05) is 0 Å². The van der Waals surface area contributed by atoms with Gasteiger partial charge in [0.05, 0.1) is 5.56 Å². The van der Waals surface area contributed by atoms with Crippen molar-refractivity contribution in [2.24, 2.45) is 0 Å². The first kappa shape index (κ1) is 13.9. The fourth-order valence-electron chi connectivity index (χ4n) is 1.36.